The second-order valence-electron chi connectivity index (χ2n) is 4.94. The first kappa shape index (κ1) is 10.2. The van der Waals surface area contributed by atoms with E-state index in [0.717, 1.165) is 6.04 Å². The molecule has 1 aliphatic carbocycles. The van der Waals surface area contributed by atoms with Crippen LogP contribution in [0.2, 0.25) is 0 Å². The van der Waals surface area contributed by atoms with Crippen molar-refractivity contribution in [2.75, 3.05) is 6.54 Å². The molecule has 0 amide bonds. The molecule has 0 aromatic rings. The summed E-state index contributed by atoms with van der Waals surface area (Å²) in [7, 11) is 0. The topological polar surface area (TPSA) is 12.0 Å². The van der Waals surface area contributed by atoms with Crippen molar-refractivity contribution in [3.05, 3.63) is 11.1 Å². The first-order valence-electron chi connectivity index (χ1n) is 6.29. The van der Waals surface area contributed by atoms with Gasteiger partial charge in [0.2, 0.25) is 0 Å². The number of rotatable bonds is 0. The van der Waals surface area contributed by atoms with E-state index >= 15 is 0 Å². The van der Waals surface area contributed by atoms with Gasteiger partial charge in [-0.15, -0.1) is 0 Å². The van der Waals surface area contributed by atoms with Gasteiger partial charge in [0.1, 0.15) is 0 Å². The standard InChI is InChI=1S/C13H23N/c1-11-8-9-13(10-14-11)12-6-4-2-3-5-7-12/h11,14H,2-10H2,1H3. The minimum Gasteiger partial charge on any atom is -0.311 e. The molecular weight excluding hydrogens is 170 g/mol. The Morgan fingerprint density at radius 3 is 2.21 bits per heavy atom. The van der Waals surface area contributed by atoms with E-state index in [1.54, 1.807) is 5.57 Å². The summed E-state index contributed by atoms with van der Waals surface area (Å²) in [6.07, 6.45) is 11.3. The molecule has 80 valence electrons. The van der Waals surface area contributed by atoms with E-state index in [9.17, 15) is 0 Å². The van der Waals surface area contributed by atoms with Crippen LogP contribution in [0.15, 0.2) is 11.1 Å². The van der Waals surface area contributed by atoms with Crippen LogP contribution in [0.4, 0.5) is 0 Å². The molecule has 1 aliphatic heterocycles. The van der Waals surface area contributed by atoms with Crippen LogP contribution in [0.25, 0.3) is 0 Å². The van der Waals surface area contributed by atoms with E-state index in [-0.39, 0.29) is 0 Å². The van der Waals surface area contributed by atoms with E-state index in [1.807, 2.05) is 5.57 Å². The van der Waals surface area contributed by atoms with E-state index < -0.39 is 0 Å². The number of nitrogens with one attached hydrogen (secondary N) is 1. The fraction of sp³-hybridized carbons (Fsp3) is 0.846. The van der Waals surface area contributed by atoms with Gasteiger partial charge in [-0.1, -0.05) is 24.0 Å². The average molecular weight is 193 g/mol. The molecule has 0 radical (unpaired) electrons. The fourth-order valence-electron chi connectivity index (χ4n) is 2.69. The highest BCUT2D eigenvalue weighted by Crippen LogP contribution is 2.28. The molecule has 1 saturated carbocycles. The maximum absolute atomic E-state index is 3.59. The van der Waals surface area contributed by atoms with Crippen molar-refractivity contribution in [1.82, 2.24) is 5.32 Å². The molecule has 14 heavy (non-hydrogen) atoms. The van der Waals surface area contributed by atoms with Crippen LogP contribution >= 0.6 is 0 Å². The van der Waals surface area contributed by atoms with Crippen LogP contribution in [-0.4, -0.2) is 12.6 Å². The van der Waals surface area contributed by atoms with E-state index in [2.05, 4.69) is 12.2 Å². The number of hydrogen-bond acceptors (Lipinski definition) is 1. The van der Waals surface area contributed by atoms with E-state index in [1.165, 1.54) is 57.9 Å². The van der Waals surface area contributed by atoms with Crippen LogP contribution < -0.4 is 5.32 Å². The Bertz CT molecular complexity index is 197. The van der Waals surface area contributed by atoms with Gasteiger partial charge in [-0.25, -0.2) is 0 Å². The zero-order valence-corrected chi connectivity index (χ0v) is 9.44. The Morgan fingerprint density at radius 1 is 0.929 bits per heavy atom. The van der Waals surface area contributed by atoms with Gasteiger partial charge >= 0.3 is 0 Å². The van der Waals surface area contributed by atoms with Crippen LogP contribution in [0, 0.1) is 0 Å². The highest BCUT2D eigenvalue weighted by molar-refractivity contribution is 5.18. The molecular formula is C13H23N. The molecule has 1 saturated heterocycles. The quantitative estimate of drug-likeness (QED) is 0.459. The lowest BCUT2D eigenvalue weighted by molar-refractivity contribution is 0.480. The van der Waals surface area contributed by atoms with Gasteiger partial charge in [-0.2, -0.15) is 0 Å². The zero-order valence-electron chi connectivity index (χ0n) is 9.44. The van der Waals surface area contributed by atoms with Gasteiger partial charge in [0.15, 0.2) is 0 Å². The van der Waals surface area contributed by atoms with Gasteiger partial charge in [0.05, 0.1) is 0 Å². The van der Waals surface area contributed by atoms with Crippen molar-refractivity contribution in [2.24, 2.45) is 0 Å². The minimum absolute atomic E-state index is 0.741. The third-order valence-corrected chi connectivity index (χ3v) is 3.75. The monoisotopic (exact) mass is 193 g/mol. The van der Waals surface area contributed by atoms with Gasteiger partial charge in [-0.3, -0.25) is 0 Å². The van der Waals surface area contributed by atoms with Crippen molar-refractivity contribution in [3.8, 4) is 0 Å². The molecule has 1 atom stereocenters. The van der Waals surface area contributed by atoms with Crippen LogP contribution in [0.3, 0.4) is 0 Å². The Hall–Kier alpha value is -0.300. The Morgan fingerprint density at radius 2 is 1.64 bits per heavy atom. The summed E-state index contributed by atoms with van der Waals surface area (Å²) in [5.41, 5.74) is 3.56. The Balaban J connectivity index is 1.98. The van der Waals surface area contributed by atoms with E-state index in [0.29, 0.717) is 0 Å². The third kappa shape index (κ3) is 2.60. The summed E-state index contributed by atoms with van der Waals surface area (Å²) in [5, 5.41) is 3.59. The summed E-state index contributed by atoms with van der Waals surface area (Å²) in [5.74, 6) is 0. The highest BCUT2D eigenvalue weighted by atomic mass is 14.9. The normalized spacial score (nSPS) is 30.2. The lowest BCUT2D eigenvalue weighted by Gasteiger charge is -2.25. The lowest BCUT2D eigenvalue weighted by atomic mass is 9.93. The SMILES string of the molecule is CC1CCC(=C2CCCCCC2)CN1. The van der Waals surface area contributed by atoms with Gasteiger partial charge < -0.3 is 5.32 Å². The molecule has 1 nitrogen and oxygen atoms in total. The van der Waals surface area contributed by atoms with Crippen molar-refractivity contribution < 1.29 is 0 Å². The van der Waals surface area contributed by atoms with Crippen LogP contribution in [0.1, 0.15) is 58.3 Å². The zero-order chi connectivity index (χ0) is 9.80. The first-order valence-corrected chi connectivity index (χ1v) is 6.29. The summed E-state index contributed by atoms with van der Waals surface area (Å²) < 4.78 is 0. The van der Waals surface area contributed by atoms with Crippen molar-refractivity contribution in [1.29, 1.82) is 0 Å². The van der Waals surface area contributed by atoms with Crippen molar-refractivity contribution >= 4 is 0 Å². The van der Waals surface area contributed by atoms with Gasteiger partial charge in [0, 0.05) is 12.6 Å². The Kier molecular flexibility index (Phi) is 3.63. The van der Waals surface area contributed by atoms with Crippen molar-refractivity contribution in [3.63, 3.8) is 0 Å². The summed E-state index contributed by atoms with van der Waals surface area (Å²) >= 11 is 0. The molecule has 2 rings (SSSR count). The van der Waals surface area contributed by atoms with Gasteiger partial charge in [0.25, 0.3) is 0 Å². The van der Waals surface area contributed by atoms with E-state index in [4.69, 9.17) is 0 Å². The molecule has 2 aliphatic rings. The molecule has 1 heteroatoms. The molecule has 0 aromatic heterocycles. The second-order valence-corrected chi connectivity index (χ2v) is 4.94. The fourth-order valence-corrected chi connectivity index (χ4v) is 2.69. The molecule has 1 unspecified atom stereocenters. The predicted molar refractivity (Wildman–Crippen MR) is 61.4 cm³/mol. The maximum atomic E-state index is 3.59. The second kappa shape index (κ2) is 4.97. The predicted octanol–water partition coefficient (Wildman–Crippen LogP) is 3.41. The highest BCUT2D eigenvalue weighted by Gasteiger charge is 2.15. The first-order chi connectivity index (χ1) is 6.86. The number of hydrogen-bond donors (Lipinski definition) is 1. The average Bonchev–Trinajstić information content (AvgIpc) is 2.47. The van der Waals surface area contributed by atoms with Crippen LogP contribution in [-0.2, 0) is 0 Å². The molecule has 0 spiro atoms. The Labute approximate surface area is 88.0 Å². The third-order valence-electron chi connectivity index (χ3n) is 3.75. The largest absolute Gasteiger partial charge is 0.311 e. The number of piperidine rings is 1. The maximum Gasteiger partial charge on any atom is 0.0169 e. The lowest BCUT2D eigenvalue weighted by Crippen LogP contribution is -2.33. The van der Waals surface area contributed by atoms with Crippen molar-refractivity contribution in [2.45, 2.75) is 64.3 Å². The van der Waals surface area contributed by atoms with Gasteiger partial charge in [-0.05, 0) is 45.4 Å². The van der Waals surface area contributed by atoms with Crippen LogP contribution in [0.5, 0.6) is 0 Å². The summed E-state index contributed by atoms with van der Waals surface area (Å²) in [4.78, 5) is 0. The summed E-state index contributed by atoms with van der Waals surface area (Å²) in [6.45, 7) is 3.48. The minimum atomic E-state index is 0.741. The smallest absolute Gasteiger partial charge is 0.0169 e. The molecule has 2 fully saturated rings. The molecule has 0 bridgehead atoms. The molecule has 0 aromatic carbocycles. The molecule has 1 heterocycles. The summed E-state index contributed by atoms with van der Waals surface area (Å²) in [6, 6.07) is 0.741. The number of allylic oxidation sites excluding steroid dienone is 1. The molecule has 1 N–H and O–H groups in total.